The van der Waals surface area contributed by atoms with Gasteiger partial charge in [0.05, 0.1) is 6.61 Å². The third-order valence-corrected chi connectivity index (χ3v) is 3.53. The summed E-state index contributed by atoms with van der Waals surface area (Å²) in [6.07, 6.45) is 0. The van der Waals surface area contributed by atoms with Gasteiger partial charge in [0.1, 0.15) is 6.04 Å². The largest absolute Gasteiger partial charge is 0.394 e. The van der Waals surface area contributed by atoms with Crippen LogP contribution in [0.15, 0.2) is 28.7 Å². The molecule has 1 fully saturated rings. The molecule has 1 heterocycles. The van der Waals surface area contributed by atoms with E-state index in [9.17, 15) is 9.90 Å². The van der Waals surface area contributed by atoms with Gasteiger partial charge in [-0.3, -0.25) is 10.1 Å². The highest BCUT2D eigenvalue weighted by Gasteiger charge is 2.38. The van der Waals surface area contributed by atoms with Gasteiger partial charge in [0, 0.05) is 22.2 Å². The van der Waals surface area contributed by atoms with Crippen LogP contribution in [0.3, 0.4) is 0 Å². The number of hydrogen-bond acceptors (Lipinski definition) is 3. The van der Waals surface area contributed by atoms with Crippen molar-refractivity contribution in [1.82, 2.24) is 5.32 Å². The zero-order chi connectivity index (χ0) is 13.3. The number of hydrogen-bond donors (Lipinski definition) is 2. The Morgan fingerprint density at radius 3 is 2.61 bits per heavy atom. The highest BCUT2D eigenvalue weighted by Crippen LogP contribution is 2.24. The second-order valence-electron chi connectivity index (χ2n) is 5.16. The van der Waals surface area contributed by atoms with Gasteiger partial charge >= 0.3 is 0 Å². The fraction of sp³-hybridized carbons (Fsp3) is 0.462. The van der Waals surface area contributed by atoms with Crippen molar-refractivity contribution in [2.24, 2.45) is 0 Å². The molecule has 98 valence electrons. The molecule has 1 amide bonds. The van der Waals surface area contributed by atoms with Crippen molar-refractivity contribution in [3.63, 3.8) is 0 Å². The number of benzene rings is 1. The fourth-order valence-electron chi connectivity index (χ4n) is 2.20. The topological polar surface area (TPSA) is 52.6 Å². The lowest BCUT2D eigenvalue weighted by atomic mass is 9.97. The maximum Gasteiger partial charge on any atom is 0.246 e. The average Bonchev–Trinajstić information content (AvgIpc) is 2.33. The smallest absolute Gasteiger partial charge is 0.246 e. The Kier molecular flexibility index (Phi) is 3.75. The number of rotatable bonds is 2. The molecular formula is C13H17BrN2O2. The molecule has 0 bridgehead atoms. The van der Waals surface area contributed by atoms with Crippen molar-refractivity contribution in [2.45, 2.75) is 25.4 Å². The van der Waals surface area contributed by atoms with E-state index in [1.807, 2.05) is 38.1 Å². The summed E-state index contributed by atoms with van der Waals surface area (Å²) in [5.41, 5.74) is 0.644. The number of anilines is 1. The summed E-state index contributed by atoms with van der Waals surface area (Å²) < 4.78 is 0.979. The van der Waals surface area contributed by atoms with E-state index in [0.29, 0.717) is 6.54 Å². The molecule has 1 aromatic carbocycles. The molecule has 0 radical (unpaired) electrons. The number of amides is 1. The molecule has 5 heteroatoms. The molecule has 1 aliphatic heterocycles. The third kappa shape index (κ3) is 2.74. The van der Waals surface area contributed by atoms with Crippen LogP contribution in [0.25, 0.3) is 0 Å². The Hall–Kier alpha value is -0.910. The molecule has 1 aromatic rings. The molecule has 0 aliphatic carbocycles. The number of carbonyl (C=O) groups excluding carboxylic acids is 1. The standard InChI is InChI=1S/C13H17BrN2O2/c1-13(2)8-16(12(18)11(7-17)15-13)10-5-3-9(14)4-6-10/h3-6,11,15,17H,7-8H2,1-2H3. The maximum absolute atomic E-state index is 12.2. The number of aliphatic hydroxyl groups excluding tert-OH is 1. The Bertz CT molecular complexity index is 445. The summed E-state index contributed by atoms with van der Waals surface area (Å²) in [5.74, 6) is -0.0841. The van der Waals surface area contributed by atoms with Gasteiger partial charge in [-0.1, -0.05) is 15.9 Å². The van der Waals surface area contributed by atoms with E-state index in [-0.39, 0.29) is 18.1 Å². The highest BCUT2D eigenvalue weighted by molar-refractivity contribution is 9.10. The summed E-state index contributed by atoms with van der Waals surface area (Å²) in [6, 6.07) is 7.09. The van der Waals surface area contributed by atoms with Crippen LogP contribution in [-0.2, 0) is 4.79 Å². The predicted octanol–water partition coefficient (Wildman–Crippen LogP) is 1.52. The zero-order valence-corrected chi connectivity index (χ0v) is 12.1. The van der Waals surface area contributed by atoms with E-state index in [0.717, 1.165) is 10.2 Å². The van der Waals surface area contributed by atoms with Crippen LogP contribution in [0.5, 0.6) is 0 Å². The molecule has 0 saturated carbocycles. The first-order valence-electron chi connectivity index (χ1n) is 5.88. The SMILES string of the molecule is CC1(C)CN(c2ccc(Br)cc2)C(=O)C(CO)N1. The molecule has 1 aliphatic rings. The lowest BCUT2D eigenvalue weighted by Gasteiger charge is -2.42. The first kappa shape index (κ1) is 13.5. The van der Waals surface area contributed by atoms with Crippen molar-refractivity contribution in [3.05, 3.63) is 28.7 Å². The van der Waals surface area contributed by atoms with Gasteiger partial charge in [0.25, 0.3) is 0 Å². The van der Waals surface area contributed by atoms with Gasteiger partial charge < -0.3 is 10.0 Å². The first-order valence-corrected chi connectivity index (χ1v) is 6.68. The Balaban J connectivity index is 2.30. The second kappa shape index (κ2) is 4.99. The number of aliphatic hydroxyl groups is 1. The molecule has 1 saturated heterocycles. The molecule has 1 unspecified atom stereocenters. The van der Waals surface area contributed by atoms with Crippen molar-refractivity contribution in [1.29, 1.82) is 0 Å². The average molecular weight is 313 g/mol. The monoisotopic (exact) mass is 312 g/mol. The highest BCUT2D eigenvalue weighted by atomic mass is 79.9. The number of nitrogens with zero attached hydrogens (tertiary/aromatic N) is 1. The van der Waals surface area contributed by atoms with E-state index >= 15 is 0 Å². The van der Waals surface area contributed by atoms with Gasteiger partial charge in [-0.05, 0) is 38.1 Å². The lowest BCUT2D eigenvalue weighted by molar-refractivity contribution is -0.124. The van der Waals surface area contributed by atoms with Gasteiger partial charge in [0.15, 0.2) is 0 Å². The molecule has 2 rings (SSSR count). The predicted molar refractivity (Wildman–Crippen MR) is 74.6 cm³/mol. The van der Waals surface area contributed by atoms with E-state index in [1.54, 1.807) is 4.90 Å². The number of nitrogens with one attached hydrogen (secondary N) is 1. The Morgan fingerprint density at radius 2 is 2.06 bits per heavy atom. The lowest BCUT2D eigenvalue weighted by Crippen LogP contribution is -2.66. The second-order valence-corrected chi connectivity index (χ2v) is 6.08. The number of carbonyl (C=O) groups is 1. The minimum Gasteiger partial charge on any atom is -0.394 e. The zero-order valence-electron chi connectivity index (χ0n) is 10.5. The van der Waals surface area contributed by atoms with E-state index in [4.69, 9.17) is 0 Å². The molecule has 1 atom stereocenters. The van der Waals surface area contributed by atoms with Crippen LogP contribution in [0.1, 0.15) is 13.8 Å². The van der Waals surface area contributed by atoms with Crippen LogP contribution >= 0.6 is 15.9 Å². The van der Waals surface area contributed by atoms with Crippen LogP contribution < -0.4 is 10.2 Å². The third-order valence-electron chi connectivity index (χ3n) is 3.00. The van der Waals surface area contributed by atoms with E-state index in [1.165, 1.54) is 0 Å². The quantitative estimate of drug-likeness (QED) is 0.870. The maximum atomic E-state index is 12.2. The summed E-state index contributed by atoms with van der Waals surface area (Å²) in [6.45, 7) is 4.45. The molecule has 0 aromatic heterocycles. The van der Waals surface area contributed by atoms with Crippen LogP contribution in [0.2, 0.25) is 0 Å². The van der Waals surface area contributed by atoms with Crippen LogP contribution in [-0.4, -0.2) is 35.7 Å². The van der Waals surface area contributed by atoms with E-state index in [2.05, 4.69) is 21.2 Å². The van der Waals surface area contributed by atoms with Gasteiger partial charge in [-0.15, -0.1) is 0 Å². The number of halogens is 1. The van der Waals surface area contributed by atoms with E-state index < -0.39 is 6.04 Å². The van der Waals surface area contributed by atoms with Crippen LogP contribution in [0.4, 0.5) is 5.69 Å². The van der Waals surface area contributed by atoms with Crippen molar-refractivity contribution in [2.75, 3.05) is 18.1 Å². The summed E-state index contributed by atoms with van der Waals surface area (Å²) >= 11 is 3.38. The molecule has 4 nitrogen and oxygen atoms in total. The van der Waals surface area contributed by atoms with Crippen molar-refractivity contribution in [3.8, 4) is 0 Å². The fourth-order valence-corrected chi connectivity index (χ4v) is 2.47. The molecule has 0 spiro atoms. The number of piperazine rings is 1. The van der Waals surface area contributed by atoms with Crippen molar-refractivity contribution < 1.29 is 9.90 Å². The minimum atomic E-state index is -0.530. The van der Waals surface area contributed by atoms with Crippen molar-refractivity contribution >= 4 is 27.5 Å². The van der Waals surface area contributed by atoms with Gasteiger partial charge in [0.2, 0.25) is 5.91 Å². The minimum absolute atomic E-state index is 0.0841. The first-order chi connectivity index (χ1) is 8.43. The molecule has 2 N–H and O–H groups in total. The van der Waals surface area contributed by atoms with Crippen LogP contribution in [0, 0.1) is 0 Å². The summed E-state index contributed by atoms with van der Waals surface area (Å²) in [7, 11) is 0. The summed E-state index contributed by atoms with van der Waals surface area (Å²) in [5, 5.41) is 12.4. The summed E-state index contributed by atoms with van der Waals surface area (Å²) in [4.78, 5) is 13.9. The Labute approximate surface area is 115 Å². The van der Waals surface area contributed by atoms with Gasteiger partial charge in [-0.2, -0.15) is 0 Å². The molecule has 18 heavy (non-hydrogen) atoms. The Morgan fingerprint density at radius 1 is 1.44 bits per heavy atom. The molecular weight excluding hydrogens is 296 g/mol. The van der Waals surface area contributed by atoms with Gasteiger partial charge in [-0.25, -0.2) is 0 Å². The normalized spacial score (nSPS) is 23.2.